The third-order valence-electron chi connectivity index (χ3n) is 3.26. The van der Waals surface area contributed by atoms with Crippen LogP contribution in [0.15, 0.2) is 0 Å². The van der Waals surface area contributed by atoms with Crippen LogP contribution in [0.1, 0.15) is 0 Å². The molecule has 2 atom stereocenters. The number of aliphatic hydroxyl groups excluding tert-OH is 1. The van der Waals surface area contributed by atoms with Crippen molar-refractivity contribution in [1.29, 1.82) is 0 Å². The van der Waals surface area contributed by atoms with E-state index in [2.05, 4.69) is 10.2 Å². The molecule has 0 unspecified atom stereocenters. The first-order chi connectivity index (χ1) is 8.07. The standard InChI is InChI=1S/C10H20N2O4S/c13-10-8-17(14,15)7-9(10)11-1-2-12-3-5-16-6-4-12/h9-11,13H,1-8H2/t9-,10-/m0/s1. The maximum atomic E-state index is 11.3. The van der Waals surface area contributed by atoms with Crippen molar-refractivity contribution in [3.05, 3.63) is 0 Å². The second-order valence-electron chi connectivity index (χ2n) is 4.66. The van der Waals surface area contributed by atoms with Crippen molar-refractivity contribution in [2.45, 2.75) is 12.1 Å². The Morgan fingerprint density at radius 3 is 2.59 bits per heavy atom. The Kier molecular flexibility index (Phi) is 4.37. The quantitative estimate of drug-likeness (QED) is 0.615. The summed E-state index contributed by atoms with van der Waals surface area (Å²) < 4.78 is 27.8. The Balaban J connectivity index is 1.68. The third kappa shape index (κ3) is 3.89. The average Bonchev–Trinajstić information content (AvgIpc) is 2.53. The Hall–Kier alpha value is -0.210. The lowest BCUT2D eigenvalue weighted by Gasteiger charge is -2.27. The van der Waals surface area contributed by atoms with E-state index in [1.54, 1.807) is 0 Å². The highest BCUT2D eigenvalue weighted by Crippen LogP contribution is 2.12. The van der Waals surface area contributed by atoms with Gasteiger partial charge in [-0.3, -0.25) is 4.90 Å². The number of nitrogens with zero attached hydrogens (tertiary/aromatic N) is 1. The lowest BCUT2D eigenvalue weighted by atomic mass is 10.2. The van der Waals surface area contributed by atoms with Crippen molar-refractivity contribution >= 4 is 9.84 Å². The molecular weight excluding hydrogens is 244 g/mol. The van der Waals surface area contributed by atoms with Crippen molar-refractivity contribution in [3.8, 4) is 0 Å². The molecule has 0 aromatic heterocycles. The Morgan fingerprint density at radius 2 is 2.00 bits per heavy atom. The predicted octanol–water partition coefficient (Wildman–Crippen LogP) is -1.93. The highest BCUT2D eigenvalue weighted by Gasteiger charge is 2.35. The van der Waals surface area contributed by atoms with E-state index in [0.717, 1.165) is 32.8 Å². The molecule has 2 fully saturated rings. The van der Waals surface area contributed by atoms with Crippen molar-refractivity contribution in [2.24, 2.45) is 0 Å². The first-order valence-corrected chi connectivity index (χ1v) is 7.81. The van der Waals surface area contributed by atoms with Crippen LogP contribution in [0.4, 0.5) is 0 Å². The minimum atomic E-state index is -3.05. The molecule has 0 amide bonds. The lowest BCUT2D eigenvalue weighted by molar-refractivity contribution is 0.0375. The molecule has 0 aromatic carbocycles. The Morgan fingerprint density at radius 1 is 1.29 bits per heavy atom. The molecule has 0 aromatic rings. The van der Waals surface area contributed by atoms with Gasteiger partial charge >= 0.3 is 0 Å². The molecule has 2 rings (SSSR count). The molecular formula is C10H20N2O4S. The molecule has 0 aliphatic carbocycles. The summed E-state index contributed by atoms with van der Waals surface area (Å²) >= 11 is 0. The van der Waals surface area contributed by atoms with Gasteiger partial charge in [-0.2, -0.15) is 0 Å². The highest BCUT2D eigenvalue weighted by molar-refractivity contribution is 7.91. The topological polar surface area (TPSA) is 78.9 Å². The monoisotopic (exact) mass is 264 g/mol. The van der Waals surface area contributed by atoms with Crippen molar-refractivity contribution in [2.75, 3.05) is 50.9 Å². The van der Waals surface area contributed by atoms with Gasteiger partial charge in [-0.05, 0) is 0 Å². The summed E-state index contributed by atoms with van der Waals surface area (Å²) in [4.78, 5) is 2.27. The van der Waals surface area contributed by atoms with Gasteiger partial charge in [0.05, 0.1) is 30.8 Å². The zero-order valence-corrected chi connectivity index (χ0v) is 10.7. The van der Waals surface area contributed by atoms with Crippen molar-refractivity contribution in [1.82, 2.24) is 10.2 Å². The van der Waals surface area contributed by atoms with E-state index in [1.807, 2.05) is 0 Å². The van der Waals surface area contributed by atoms with Gasteiger partial charge in [-0.25, -0.2) is 8.42 Å². The lowest BCUT2D eigenvalue weighted by Crippen LogP contribution is -2.45. The number of aliphatic hydroxyl groups is 1. The Labute approximate surface area is 102 Å². The maximum Gasteiger partial charge on any atom is 0.154 e. The first kappa shape index (κ1) is 13.2. The van der Waals surface area contributed by atoms with Crippen LogP contribution in [0.25, 0.3) is 0 Å². The number of rotatable bonds is 4. The van der Waals surface area contributed by atoms with E-state index >= 15 is 0 Å². The fourth-order valence-electron chi connectivity index (χ4n) is 2.26. The molecule has 6 nitrogen and oxygen atoms in total. The maximum absolute atomic E-state index is 11.3. The molecule has 7 heteroatoms. The van der Waals surface area contributed by atoms with E-state index in [-0.39, 0.29) is 17.5 Å². The molecule has 2 aliphatic heterocycles. The zero-order chi connectivity index (χ0) is 12.3. The fraction of sp³-hybridized carbons (Fsp3) is 1.00. The van der Waals surface area contributed by atoms with Gasteiger partial charge < -0.3 is 15.2 Å². The normalized spacial score (nSPS) is 33.9. The summed E-state index contributed by atoms with van der Waals surface area (Å²) in [5, 5.41) is 12.7. The smallest absolute Gasteiger partial charge is 0.154 e. The molecule has 0 radical (unpaired) electrons. The first-order valence-electron chi connectivity index (χ1n) is 5.99. The van der Waals surface area contributed by atoms with E-state index in [1.165, 1.54) is 0 Å². The van der Waals surface area contributed by atoms with Crippen LogP contribution in [-0.2, 0) is 14.6 Å². The number of hydrogen-bond donors (Lipinski definition) is 2. The summed E-state index contributed by atoms with van der Waals surface area (Å²) in [7, 11) is -3.05. The summed E-state index contributed by atoms with van der Waals surface area (Å²) in [6, 6.07) is -0.305. The van der Waals surface area contributed by atoms with E-state index < -0.39 is 15.9 Å². The van der Waals surface area contributed by atoms with Crippen LogP contribution < -0.4 is 5.32 Å². The molecule has 2 aliphatic rings. The fourth-order valence-corrected chi connectivity index (χ4v) is 4.03. The summed E-state index contributed by atoms with van der Waals surface area (Å²) in [5.41, 5.74) is 0. The van der Waals surface area contributed by atoms with Crippen LogP contribution in [0, 0.1) is 0 Å². The van der Waals surface area contributed by atoms with Gasteiger partial charge in [0.15, 0.2) is 9.84 Å². The molecule has 0 saturated carbocycles. The Bertz CT molecular complexity index is 340. The molecule has 2 saturated heterocycles. The highest BCUT2D eigenvalue weighted by atomic mass is 32.2. The van der Waals surface area contributed by atoms with Gasteiger partial charge in [0.2, 0.25) is 0 Å². The number of nitrogens with one attached hydrogen (secondary N) is 1. The van der Waals surface area contributed by atoms with Crippen LogP contribution in [-0.4, -0.2) is 81.5 Å². The second-order valence-corrected chi connectivity index (χ2v) is 6.81. The molecule has 2 heterocycles. The van der Waals surface area contributed by atoms with E-state index in [9.17, 15) is 13.5 Å². The molecule has 17 heavy (non-hydrogen) atoms. The number of sulfone groups is 1. The van der Waals surface area contributed by atoms with Gasteiger partial charge in [0.25, 0.3) is 0 Å². The average molecular weight is 264 g/mol. The van der Waals surface area contributed by atoms with Crippen LogP contribution >= 0.6 is 0 Å². The summed E-state index contributed by atoms with van der Waals surface area (Å²) in [5.74, 6) is -0.0561. The van der Waals surface area contributed by atoms with Crippen LogP contribution in [0.5, 0.6) is 0 Å². The minimum absolute atomic E-state index is 0.0529. The van der Waals surface area contributed by atoms with Gasteiger partial charge in [0.1, 0.15) is 0 Å². The van der Waals surface area contributed by atoms with Gasteiger partial charge in [0, 0.05) is 32.2 Å². The number of ether oxygens (including phenoxy) is 1. The third-order valence-corrected chi connectivity index (χ3v) is 4.98. The molecule has 0 spiro atoms. The van der Waals surface area contributed by atoms with Crippen LogP contribution in [0.2, 0.25) is 0 Å². The SMILES string of the molecule is O=S1(=O)C[C@H](NCCN2CCOCC2)[C@@H](O)C1. The van der Waals surface area contributed by atoms with E-state index in [0.29, 0.717) is 6.54 Å². The second kappa shape index (κ2) is 5.62. The predicted molar refractivity (Wildman–Crippen MR) is 63.7 cm³/mol. The summed E-state index contributed by atoms with van der Waals surface area (Å²) in [6.45, 7) is 4.95. The van der Waals surface area contributed by atoms with Crippen LogP contribution in [0.3, 0.4) is 0 Å². The molecule has 2 N–H and O–H groups in total. The van der Waals surface area contributed by atoms with E-state index in [4.69, 9.17) is 4.74 Å². The summed E-state index contributed by atoms with van der Waals surface area (Å²) in [6.07, 6.45) is -0.760. The van der Waals surface area contributed by atoms with Gasteiger partial charge in [-0.15, -0.1) is 0 Å². The van der Waals surface area contributed by atoms with Crippen molar-refractivity contribution in [3.63, 3.8) is 0 Å². The molecule has 0 bridgehead atoms. The zero-order valence-electron chi connectivity index (χ0n) is 9.84. The van der Waals surface area contributed by atoms with Crippen molar-refractivity contribution < 1.29 is 18.3 Å². The number of hydrogen-bond acceptors (Lipinski definition) is 6. The molecule has 100 valence electrons. The minimum Gasteiger partial charge on any atom is -0.390 e. The van der Waals surface area contributed by atoms with Gasteiger partial charge in [-0.1, -0.05) is 0 Å². The number of morpholine rings is 1. The largest absolute Gasteiger partial charge is 0.390 e.